The SMILES string of the molecule is Cc1noc2c1C(c1ccccc1)CC(c1ccco1)=C2. The van der Waals surface area contributed by atoms with Crippen molar-refractivity contribution in [2.75, 3.05) is 0 Å². The molecule has 0 bridgehead atoms. The van der Waals surface area contributed by atoms with Crippen molar-refractivity contribution < 1.29 is 8.94 Å². The molecule has 3 heteroatoms. The van der Waals surface area contributed by atoms with Gasteiger partial charge in [-0.25, -0.2) is 0 Å². The van der Waals surface area contributed by atoms with E-state index < -0.39 is 0 Å². The second-order valence-electron chi connectivity index (χ2n) is 5.36. The van der Waals surface area contributed by atoms with Crippen molar-refractivity contribution in [1.82, 2.24) is 5.16 Å². The molecule has 1 atom stereocenters. The maximum Gasteiger partial charge on any atom is 0.164 e. The van der Waals surface area contributed by atoms with Crippen molar-refractivity contribution >= 4 is 11.6 Å². The minimum Gasteiger partial charge on any atom is -0.465 e. The number of benzene rings is 1. The quantitative estimate of drug-likeness (QED) is 0.684. The normalized spacial score (nSPS) is 17.4. The highest BCUT2D eigenvalue weighted by Gasteiger charge is 2.29. The molecule has 0 saturated heterocycles. The van der Waals surface area contributed by atoms with Crippen LogP contribution in [0.15, 0.2) is 57.7 Å². The molecule has 0 radical (unpaired) electrons. The third-order valence-corrected chi connectivity index (χ3v) is 4.05. The predicted molar refractivity (Wildman–Crippen MR) is 80.7 cm³/mol. The van der Waals surface area contributed by atoms with Gasteiger partial charge in [-0.3, -0.25) is 0 Å². The third kappa shape index (κ3) is 2.02. The standard InChI is InChI=1S/C18H15NO2/c1-12-18-15(13-6-3-2-4-7-13)10-14(11-17(18)21-19-12)16-8-5-9-20-16/h2-9,11,15H,10H2,1H3. The largest absolute Gasteiger partial charge is 0.465 e. The summed E-state index contributed by atoms with van der Waals surface area (Å²) in [5.74, 6) is 2.01. The Morgan fingerprint density at radius 2 is 1.95 bits per heavy atom. The minimum absolute atomic E-state index is 0.262. The van der Waals surface area contributed by atoms with Crippen molar-refractivity contribution in [3.63, 3.8) is 0 Å². The van der Waals surface area contributed by atoms with Gasteiger partial charge in [-0.05, 0) is 42.7 Å². The number of aryl methyl sites for hydroxylation is 1. The summed E-state index contributed by atoms with van der Waals surface area (Å²) < 4.78 is 11.0. The van der Waals surface area contributed by atoms with Crippen molar-refractivity contribution in [1.29, 1.82) is 0 Å². The van der Waals surface area contributed by atoms with E-state index in [2.05, 4.69) is 29.4 Å². The number of rotatable bonds is 2. The first-order chi connectivity index (χ1) is 10.3. The van der Waals surface area contributed by atoms with Crippen LogP contribution in [0.2, 0.25) is 0 Å². The van der Waals surface area contributed by atoms with Gasteiger partial charge in [0, 0.05) is 11.5 Å². The maximum absolute atomic E-state index is 5.55. The van der Waals surface area contributed by atoms with E-state index in [9.17, 15) is 0 Å². The highest BCUT2D eigenvalue weighted by Crippen LogP contribution is 2.43. The fourth-order valence-electron chi connectivity index (χ4n) is 3.06. The van der Waals surface area contributed by atoms with E-state index in [1.807, 2.05) is 31.2 Å². The lowest BCUT2D eigenvalue weighted by Gasteiger charge is -2.22. The van der Waals surface area contributed by atoms with Crippen molar-refractivity contribution in [3.05, 3.63) is 77.1 Å². The molecule has 104 valence electrons. The topological polar surface area (TPSA) is 39.2 Å². The van der Waals surface area contributed by atoms with Gasteiger partial charge in [-0.1, -0.05) is 35.5 Å². The summed E-state index contributed by atoms with van der Waals surface area (Å²) in [4.78, 5) is 0. The third-order valence-electron chi connectivity index (χ3n) is 4.05. The Bertz CT molecular complexity index is 782. The molecule has 4 rings (SSSR count). The Morgan fingerprint density at radius 3 is 2.71 bits per heavy atom. The second kappa shape index (κ2) is 4.77. The first kappa shape index (κ1) is 12.2. The van der Waals surface area contributed by atoms with Crippen LogP contribution in [0.5, 0.6) is 0 Å². The van der Waals surface area contributed by atoms with Crippen LogP contribution >= 0.6 is 0 Å². The fourth-order valence-corrected chi connectivity index (χ4v) is 3.06. The molecule has 21 heavy (non-hydrogen) atoms. The molecule has 0 spiro atoms. The predicted octanol–water partition coefficient (Wildman–Crippen LogP) is 4.65. The first-order valence-corrected chi connectivity index (χ1v) is 7.08. The number of aromatic nitrogens is 1. The summed E-state index contributed by atoms with van der Waals surface area (Å²) in [7, 11) is 0. The molecule has 1 unspecified atom stereocenters. The summed E-state index contributed by atoms with van der Waals surface area (Å²) >= 11 is 0. The van der Waals surface area contributed by atoms with Crippen molar-refractivity contribution in [2.24, 2.45) is 0 Å². The molecule has 1 aromatic carbocycles. The van der Waals surface area contributed by atoms with Gasteiger partial charge in [0.25, 0.3) is 0 Å². The smallest absolute Gasteiger partial charge is 0.164 e. The van der Waals surface area contributed by atoms with Crippen LogP contribution in [0.4, 0.5) is 0 Å². The molecule has 3 aromatic rings. The van der Waals surface area contributed by atoms with E-state index in [1.54, 1.807) is 6.26 Å². The Kier molecular flexibility index (Phi) is 2.78. The molecule has 0 N–H and O–H groups in total. The lowest BCUT2D eigenvalue weighted by Crippen LogP contribution is -2.08. The van der Waals surface area contributed by atoms with Gasteiger partial charge in [0.05, 0.1) is 12.0 Å². The van der Waals surface area contributed by atoms with Crippen LogP contribution in [0.1, 0.15) is 40.7 Å². The number of allylic oxidation sites excluding steroid dienone is 1. The van der Waals surface area contributed by atoms with Gasteiger partial charge in [0.2, 0.25) is 0 Å². The molecule has 1 aliphatic rings. The van der Waals surface area contributed by atoms with E-state index in [-0.39, 0.29) is 5.92 Å². The van der Waals surface area contributed by atoms with E-state index in [0.717, 1.165) is 29.2 Å². The summed E-state index contributed by atoms with van der Waals surface area (Å²) in [5.41, 5.74) is 4.59. The van der Waals surface area contributed by atoms with Gasteiger partial charge in [0.15, 0.2) is 5.76 Å². The van der Waals surface area contributed by atoms with Crippen LogP contribution in [-0.4, -0.2) is 5.16 Å². The Balaban J connectivity index is 1.85. The Morgan fingerprint density at radius 1 is 1.10 bits per heavy atom. The molecule has 2 aromatic heterocycles. The van der Waals surface area contributed by atoms with Gasteiger partial charge < -0.3 is 8.94 Å². The molecular formula is C18H15NO2. The number of nitrogens with zero attached hydrogens (tertiary/aromatic N) is 1. The zero-order valence-electron chi connectivity index (χ0n) is 11.7. The molecular weight excluding hydrogens is 262 g/mol. The van der Waals surface area contributed by atoms with E-state index in [4.69, 9.17) is 8.94 Å². The molecule has 3 nitrogen and oxygen atoms in total. The summed E-state index contributed by atoms with van der Waals surface area (Å²) in [6, 6.07) is 14.4. The second-order valence-corrected chi connectivity index (χ2v) is 5.36. The fraction of sp³-hybridized carbons (Fsp3) is 0.167. The maximum atomic E-state index is 5.55. The van der Waals surface area contributed by atoms with E-state index in [1.165, 1.54) is 11.1 Å². The molecule has 0 amide bonds. The Hall–Kier alpha value is -2.55. The van der Waals surface area contributed by atoms with Gasteiger partial charge in [-0.15, -0.1) is 0 Å². The summed E-state index contributed by atoms with van der Waals surface area (Å²) in [5, 5.41) is 4.14. The highest BCUT2D eigenvalue weighted by atomic mass is 16.5. The molecule has 0 aliphatic heterocycles. The van der Waals surface area contributed by atoms with Gasteiger partial charge >= 0.3 is 0 Å². The number of fused-ring (bicyclic) bond motifs is 1. The summed E-state index contributed by atoms with van der Waals surface area (Å²) in [6.07, 6.45) is 4.65. The van der Waals surface area contributed by atoms with E-state index >= 15 is 0 Å². The van der Waals surface area contributed by atoms with Gasteiger partial charge in [-0.2, -0.15) is 0 Å². The Labute approximate surface area is 122 Å². The number of hydrogen-bond donors (Lipinski definition) is 0. The average Bonchev–Trinajstić information content (AvgIpc) is 3.18. The zero-order chi connectivity index (χ0) is 14.2. The van der Waals surface area contributed by atoms with E-state index in [0.29, 0.717) is 0 Å². The van der Waals surface area contributed by atoms with Crippen LogP contribution in [0.25, 0.3) is 11.6 Å². The van der Waals surface area contributed by atoms with Crippen LogP contribution in [0.3, 0.4) is 0 Å². The van der Waals surface area contributed by atoms with Crippen molar-refractivity contribution in [3.8, 4) is 0 Å². The van der Waals surface area contributed by atoms with Crippen molar-refractivity contribution in [2.45, 2.75) is 19.3 Å². The monoisotopic (exact) mass is 277 g/mol. The zero-order valence-corrected chi connectivity index (χ0v) is 11.7. The highest BCUT2D eigenvalue weighted by molar-refractivity contribution is 5.82. The van der Waals surface area contributed by atoms with Crippen LogP contribution in [0, 0.1) is 6.92 Å². The van der Waals surface area contributed by atoms with Gasteiger partial charge in [0.1, 0.15) is 5.76 Å². The van der Waals surface area contributed by atoms with Crippen LogP contribution in [-0.2, 0) is 0 Å². The molecule has 1 aliphatic carbocycles. The lowest BCUT2D eigenvalue weighted by molar-refractivity contribution is 0.406. The minimum atomic E-state index is 0.262. The average molecular weight is 277 g/mol. The molecule has 2 heterocycles. The summed E-state index contributed by atoms with van der Waals surface area (Å²) in [6.45, 7) is 2.00. The van der Waals surface area contributed by atoms with Crippen LogP contribution < -0.4 is 0 Å². The first-order valence-electron chi connectivity index (χ1n) is 7.08. The number of furan rings is 1. The molecule has 0 saturated carbocycles. The molecule has 0 fully saturated rings. The number of hydrogen-bond acceptors (Lipinski definition) is 3. The lowest BCUT2D eigenvalue weighted by atomic mass is 9.80.